The third-order valence-corrected chi connectivity index (χ3v) is 1.82. The van der Waals surface area contributed by atoms with Crippen LogP contribution in [0.15, 0.2) is 45.7 Å². The Morgan fingerprint density at radius 1 is 1.00 bits per heavy atom. The average molecular weight is 290 g/mol. The van der Waals surface area contributed by atoms with Gasteiger partial charge in [-0.15, -0.1) is 0 Å². The van der Waals surface area contributed by atoms with E-state index < -0.39 is 11.9 Å². The third-order valence-electron chi connectivity index (χ3n) is 1.82. The van der Waals surface area contributed by atoms with Gasteiger partial charge < -0.3 is 9.68 Å². The van der Waals surface area contributed by atoms with E-state index in [2.05, 4.69) is 30.5 Å². The van der Waals surface area contributed by atoms with Crippen molar-refractivity contribution in [3.8, 4) is 0 Å². The molecule has 0 atom stereocenters. The molecule has 1 N–H and O–H groups in total. The Kier molecular flexibility index (Phi) is 6.84. The van der Waals surface area contributed by atoms with E-state index in [9.17, 15) is 9.59 Å². The van der Waals surface area contributed by atoms with E-state index in [-0.39, 0.29) is 5.71 Å². The summed E-state index contributed by atoms with van der Waals surface area (Å²) in [7, 11) is 0. The van der Waals surface area contributed by atoms with Gasteiger partial charge >= 0.3 is 11.9 Å². The quantitative estimate of drug-likeness (QED) is 0.486. The minimum Gasteiger partial charge on any atom is -0.319 e. The van der Waals surface area contributed by atoms with Crippen molar-refractivity contribution in [1.82, 2.24) is 0 Å². The van der Waals surface area contributed by atoms with Crippen molar-refractivity contribution < 1.29 is 19.3 Å². The number of hydrogen-bond acceptors (Lipinski definition) is 8. The number of benzene rings is 1. The van der Waals surface area contributed by atoms with Crippen LogP contribution in [0.2, 0.25) is 0 Å². The van der Waals surface area contributed by atoms with E-state index >= 15 is 0 Å². The summed E-state index contributed by atoms with van der Waals surface area (Å²) in [5, 5.41) is 10.8. The molecule has 0 saturated heterocycles. The maximum atomic E-state index is 10.6. The number of oxime groups is 2. The Morgan fingerprint density at radius 3 is 2.00 bits per heavy atom. The van der Waals surface area contributed by atoms with Crippen LogP contribution >= 0.6 is 0 Å². The Morgan fingerprint density at radius 2 is 1.52 bits per heavy atom. The number of anilines is 1. The zero-order chi connectivity index (χ0) is 15.5. The van der Waals surface area contributed by atoms with Crippen molar-refractivity contribution >= 4 is 35.8 Å². The molecule has 0 radical (unpaired) electrons. The van der Waals surface area contributed by atoms with Gasteiger partial charge in [0.05, 0.1) is 18.1 Å². The van der Waals surface area contributed by atoms with E-state index in [1.54, 1.807) is 12.1 Å². The lowest BCUT2D eigenvalue weighted by Crippen LogP contribution is -2.08. The topological polar surface area (TPSA) is 102 Å². The predicted molar refractivity (Wildman–Crippen MR) is 78.0 cm³/mol. The van der Waals surface area contributed by atoms with Crippen LogP contribution in [-0.2, 0) is 19.3 Å². The molecule has 8 heteroatoms. The number of hydrazone groups is 1. The molecular weight excluding hydrogens is 276 g/mol. The molecule has 1 aromatic carbocycles. The van der Waals surface area contributed by atoms with Crippen molar-refractivity contribution in [2.75, 3.05) is 5.43 Å². The van der Waals surface area contributed by atoms with Gasteiger partial charge in [-0.1, -0.05) is 28.5 Å². The fourth-order valence-corrected chi connectivity index (χ4v) is 1.04. The molecule has 0 fully saturated rings. The Balaban J connectivity index is 2.74. The second-order valence-corrected chi connectivity index (χ2v) is 3.65. The van der Waals surface area contributed by atoms with E-state index in [1.165, 1.54) is 13.8 Å². The summed E-state index contributed by atoms with van der Waals surface area (Å²) in [5.74, 6) is -1.14. The molecule has 0 aliphatic heterocycles. The Labute approximate surface area is 121 Å². The maximum Gasteiger partial charge on any atom is 0.331 e. The third kappa shape index (κ3) is 7.88. The van der Waals surface area contributed by atoms with E-state index in [0.29, 0.717) is 0 Å². The molecular formula is C13H14N4O4. The number of carbonyl (C=O) groups excluding carboxylic acids is 2. The summed E-state index contributed by atoms with van der Waals surface area (Å²) in [6, 6.07) is 9.12. The summed E-state index contributed by atoms with van der Waals surface area (Å²) in [5.41, 5.74) is 3.66. The Bertz CT molecular complexity index is 539. The van der Waals surface area contributed by atoms with E-state index in [4.69, 9.17) is 0 Å². The zero-order valence-corrected chi connectivity index (χ0v) is 11.5. The molecule has 0 bridgehead atoms. The second-order valence-electron chi connectivity index (χ2n) is 3.65. The van der Waals surface area contributed by atoms with Crippen LogP contribution in [0.4, 0.5) is 5.69 Å². The highest BCUT2D eigenvalue weighted by molar-refractivity contribution is 6.55. The number of para-hydroxylation sites is 1. The predicted octanol–water partition coefficient (Wildman–Crippen LogP) is 1.55. The molecule has 0 unspecified atom stereocenters. The highest BCUT2D eigenvalue weighted by Crippen LogP contribution is 2.04. The van der Waals surface area contributed by atoms with Crippen molar-refractivity contribution in [2.24, 2.45) is 15.4 Å². The van der Waals surface area contributed by atoms with Gasteiger partial charge in [0.25, 0.3) is 0 Å². The molecule has 110 valence electrons. The highest BCUT2D eigenvalue weighted by Gasteiger charge is 1.96. The monoisotopic (exact) mass is 290 g/mol. The smallest absolute Gasteiger partial charge is 0.319 e. The molecule has 0 aromatic heterocycles. The molecule has 0 aliphatic carbocycles. The van der Waals surface area contributed by atoms with Gasteiger partial charge in [0.2, 0.25) is 0 Å². The molecule has 0 spiro atoms. The second kappa shape index (κ2) is 8.97. The fourth-order valence-electron chi connectivity index (χ4n) is 1.04. The number of hydrogen-bond donors (Lipinski definition) is 1. The summed E-state index contributed by atoms with van der Waals surface area (Å²) in [4.78, 5) is 30.0. The lowest BCUT2D eigenvalue weighted by atomic mass is 10.3. The van der Waals surface area contributed by atoms with Crippen molar-refractivity contribution in [3.05, 3.63) is 30.3 Å². The molecule has 0 heterocycles. The first-order valence-electron chi connectivity index (χ1n) is 5.88. The molecule has 21 heavy (non-hydrogen) atoms. The summed E-state index contributed by atoms with van der Waals surface area (Å²) < 4.78 is 0. The lowest BCUT2D eigenvalue weighted by Gasteiger charge is -1.99. The average Bonchev–Trinajstić information content (AvgIpc) is 2.44. The first-order chi connectivity index (χ1) is 10.1. The van der Waals surface area contributed by atoms with Crippen LogP contribution in [0, 0.1) is 0 Å². The van der Waals surface area contributed by atoms with Gasteiger partial charge in [0, 0.05) is 13.8 Å². The van der Waals surface area contributed by atoms with Gasteiger partial charge in [-0.25, -0.2) is 9.59 Å². The molecule has 8 nitrogen and oxygen atoms in total. The van der Waals surface area contributed by atoms with Crippen LogP contribution in [-0.4, -0.2) is 30.1 Å². The van der Waals surface area contributed by atoms with Crippen molar-refractivity contribution in [3.63, 3.8) is 0 Å². The van der Waals surface area contributed by atoms with Gasteiger partial charge in [-0.05, 0) is 12.1 Å². The number of carbonyl (C=O) groups is 2. The molecule has 1 rings (SSSR count). The first kappa shape index (κ1) is 16.0. The summed E-state index contributed by atoms with van der Waals surface area (Å²) in [6.45, 7) is 2.42. The minimum absolute atomic E-state index is 0.182. The number of rotatable bonds is 6. The fraction of sp³-hybridized carbons (Fsp3) is 0.154. The number of nitrogens with one attached hydrogen (secondary N) is 1. The van der Waals surface area contributed by atoms with Crippen molar-refractivity contribution in [2.45, 2.75) is 13.8 Å². The lowest BCUT2D eigenvalue weighted by molar-refractivity contribution is -0.141. The molecule has 0 aliphatic rings. The minimum atomic E-state index is -0.571. The molecule has 0 amide bonds. The van der Waals surface area contributed by atoms with Gasteiger partial charge in [-0.2, -0.15) is 5.10 Å². The summed E-state index contributed by atoms with van der Waals surface area (Å²) in [6.07, 6.45) is 2.29. The summed E-state index contributed by atoms with van der Waals surface area (Å²) >= 11 is 0. The first-order valence-corrected chi connectivity index (χ1v) is 5.88. The van der Waals surface area contributed by atoms with Crippen LogP contribution in [0.25, 0.3) is 0 Å². The van der Waals surface area contributed by atoms with Gasteiger partial charge in [-0.3, -0.25) is 5.43 Å². The van der Waals surface area contributed by atoms with Crippen LogP contribution < -0.4 is 5.43 Å². The van der Waals surface area contributed by atoms with Crippen molar-refractivity contribution in [1.29, 1.82) is 0 Å². The van der Waals surface area contributed by atoms with Crippen LogP contribution in [0.3, 0.4) is 0 Å². The largest absolute Gasteiger partial charge is 0.331 e. The normalized spacial score (nSPS) is 10.4. The molecule has 1 aromatic rings. The van der Waals surface area contributed by atoms with Gasteiger partial charge in [0.15, 0.2) is 0 Å². The van der Waals surface area contributed by atoms with E-state index in [0.717, 1.165) is 18.1 Å². The Hall–Kier alpha value is -3.03. The van der Waals surface area contributed by atoms with E-state index in [1.807, 2.05) is 18.2 Å². The maximum absolute atomic E-state index is 10.6. The molecule has 0 saturated carbocycles. The highest BCUT2D eigenvalue weighted by atomic mass is 16.7. The SMILES string of the molecule is CC(=O)O/N=C/C(/C=N/OC(C)=O)=NNc1ccccc1. The standard InChI is InChI=1S/C13H14N4O4/c1-10(18)20-14-8-13(9-15-21-11(2)19)17-16-12-6-4-3-5-7-12/h3-9,16H,1-2H3/b14-8+,15-9+. The number of nitrogens with zero attached hydrogens (tertiary/aromatic N) is 3. The van der Waals surface area contributed by atoms with Crippen LogP contribution in [0.5, 0.6) is 0 Å². The zero-order valence-electron chi connectivity index (χ0n) is 11.5. The van der Waals surface area contributed by atoms with Crippen LogP contribution in [0.1, 0.15) is 13.8 Å². The van der Waals surface area contributed by atoms with Gasteiger partial charge in [0.1, 0.15) is 5.71 Å².